The number of nitrogens with one attached hydrogen (secondary N) is 1. The fourth-order valence-electron chi connectivity index (χ4n) is 3.44. The van der Waals surface area contributed by atoms with Gasteiger partial charge in [0.25, 0.3) is 0 Å². The van der Waals surface area contributed by atoms with E-state index in [2.05, 4.69) is 29.0 Å². The van der Waals surface area contributed by atoms with E-state index in [-0.39, 0.29) is 0 Å². The summed E-state index contributed by atoms with van der Waals surface area (Å²) in [4.78, 5) is 2.64. The van der Waals surface area contributed by atoms with Gasteiger partial charge in [0.2, 0.25) is 0 Å². The highest BCUT2D eigenvalue weighted by molar-refractivity contribution is 4.97. The Morgan fingerprint density at radius 1 is 1.22 bits per heavy atom. The summed E-state index contributed by atoms with van der Waals surface area (Å²) in [5, 5.41) is 3.78. The monoisotopic (exact) mass is 248 g/mol. The average molecular weight is 248 g/mol. The van der Waals surface area contributed by atoms with E-state index in [0.29, 0.717) is 6.04 Å². The van der Waals surface area contributed by atoms with Crippen molar-refractivity contribution in [1.29, 1.82) is 0 Å². The second-order valence-electron chi connectivity index (χ2n) is 5.93. The molecule has 2 rings (SSSR count). The Bertz CT molecular complexity index is 296. The van der Waals surface area contributed by atoms with Crippen LogP contribution in [0.25, 0.3) is 0 Å². The van der Waals surface area contributed by atoms with E-state index in [1.165, 1.54) is 38.6 Å². The number of nitrogens with zero attached hydrogens (tertiary/aromatic N) is 1. The van der Waals surface area contributed by atoms with Crippen molar-refractivity contribution in [2.45, 2.75) is 64.5 Å². The third kappa shape index (κ3) is 3.73. The molecule has 0 aromatic rings. The molecule has 2 heteroatoms. The molecule has 0 aromatic heterocycles. The van der Waals surface area contributed by atoms with Crippen LogP contribution in [-0.2, 0) is 0 Å². The molecule has 2 atom stereocenters. The second-order valence-corrected chi connectivity index (χ2v) is 5.93. The third-order valence-electron chi connectivity index (χ3n) is 4.65. The molecule has 2 fully saturated rings. The molecule has 18 heavy (non-hydrogen) atoms. The molecule has 102 valence electrons. The van der Waals surface area contributed by atoms with Crippen LogP contribution in [0.4, 0.5) is 0 Å². The lowest BCUT2D eigenvalue weighted by molar-refractivity contribution is 0.106. The third-order valence-corrected chi connectivity index (χ3v) is 4.65. The lowest BCUT2D eigenvalue weighted by Crippen LogP contribution is -2.58. The molecular weight excluding hydrogens is 220 g/mol. The summed E-state index contributed by atoms with van der Waals surface area (Å²) < 4.78 is 0. The zero-order valence-corrected chi connectivity index (χ0v) is 12.0. The Balaban J connectivity index is 1.83. The van der Waals surface area contributed by atoms with Gasteiger partial charge in [-0.2, -0.15) is 0 Å². The van der Waals surface area contributed by atoms with Crippen LogP contribution in [0, 0.1) is 17.8 Å². The van der Waals surface area contributed by atoms with E-state index in [1.54, 1.807) is 0 Å². The zero-order chi connectivity index (χ0) is 12.8. The normalized spacial score (nSPS) is 30.8. The van der Waals surface area contributed by atoms with Crippen molar-refractivity contribution in [1.82, 2.24) is 10.2 Å². The highest BCUT2D eigenvalue weighted by Gasteiger charge is 2.30. The fraction of sp³-hybridized carbons (Fsp3) is 0.875. The molecule has 0 spiro atoms. The summed E-state index contributed by atoms with van der Waals surface area (Å²) in [5.41, 5.74) is 0. The van der Waals surface area contributed by atoms with Crippen molar-refractivity contribution in [3.05, 3.63) is 0 Å². The zero-order valence-electron chi connectivity index (χ0n) is 12.0. The van der Waals surface area contributed by atoms with Gasteiger partial charge >= 0.3 is 0 Å². The quantitative estimate of drug-likeness (QED) is 0.773. The van der Waals surface area contributed by atoms with Gasteiger partial charge in [0, 0.05) is 38.1 Å². The standard InChI is InChI=1S/C16H28N2/c1-3-4-8-11-18-13-16(17-12-14(18)2)15-9-6-5-7-10-15/h14-17H,5-13H2,1-2H3. The molecule has 2 unspecified atom stereocenters. The first-order valence-electron chi connectivity index (χ1n) is 7.68. The first kappa shape index (κ1) is 13.9. The summed E-state index contributed by atoms with van der Waals surface area (Å²) in [6.07, 6.45) is 8.25. The molecule has 0 bridgehead atoms. The van der Waals surface area contributed by atoms with Gasteiger partial charge in [-0.05, 0) is 32.6 Å². The topological polar surface area (TPSA) is 15.3 Å². The van der Waals surface area contributed by atoms with Gasteiger partial charge < -0.3 is 5.32 Å². The van der Waals surface area contributed by atoms with Crippen LogP contribution in [0.15, 0.2) is 0 Å². The van der Waals surface area contributed by atoms with Crippen molar-refractivity contribution in [3.8, 4) is 11.8 Å². The largest absolute Gasteiger partial charge is 0.311 e. The summed E-state index contributed by atoms with van der Waals surface area (Å²) in [6, 6.07) is 1.40. The Labute approximate surface area is 113 Å². The average Bonchev–Trinajstić information content (AvgIpc) is 2.42. The summed E-state index contributed by atoms with van der Waals surface area (Å²) in [7, 11) is 0. The Morgan fingerprint density at radius 3 is 2.72 bits per heavy atom. The highest BCUT2D eigenvalue weighted by atomic mass is 15.2. The van der Waals surface area contributed by atoms with E-state index in [1.807, 2.05) is 6.92 Å². The van der Waals surface area contributed by atoms with Crippen LogP contribution < -0.4 is 5.32 Å². The maximum atomic E-state index is 3.78. The molecule has 0 radical (unpaired) electrons. The Kier molecular flexibility index (Phi) is 5.53. The lowest BCUT2D eigenvalue weighted by atomic mass is 9.82. The molecule has 1 N–H and O–H groups in total. The van der Waals surface area contributed by atoms with E-state index in [9.17, 15) is 0 Å². The number of hydrogen-bond donors (Lipinski definition) is 1. The maximum Gasteiger partial charge on any atom is 0.0224 e. The molecule has 0 amide bonds. The van der Waals surface area contributed by atoms with Crippen LogP contribution in [0.3, 0.4) is 0 Å². The molecule has 1 saturated carbocycles. The molecule has 0 aromatic carbocycles. The van der Waals surface area contributed by atoms with Crippen LogP contribution in [-0.4, -0.2) is 36.6 Å². The van der Waals surface area contributed by atoms with Crippen molar-refractivity contribution >= 4 is 0 Å². The van der Waals surface area contributed by atoms with Crippen molar-refractivity contribution < 1.29 is 0 Å². The minimum absolute atomic E-state index is 0.670. The first-order chi connectivity index (χ1) is 8.81. The maximum absolute atomic E-state index is 3.78. The first-order valence-corrected chi connectivity index (χ1v) is 7.68. The predicted octanol–water partition coefficient (Wildman–Crippen LogP) is 2.64. The smallest absolute Gasteiger partial charge is 0.0224 e. The van der Waals surface area contributed by atoms with E-state index >= 15 is 0 Å². The SMILES string of the molecule is CC#CCCN1CC(C2CCCCC2)NCC1C. The Hall–Kier alpha value is -0.520. The molecule has 2 nitrogen and oxygen atoms in total. The van der Waals surface area contributed by atoms with Crippen LogP contribution in [0.5, 0.6) is 0 Å². The van der Waals surface area contributed by atoms with Crippen molar-refractivity contribution in [2.24, 2.45) is 5.92 Å². The second kappa shape index (κ2) is 7.16. The fourth-order valence-corrected chi connectivity index (χ4v) is 3.44. The molecule has 1 aliphatic carbocycles. The molecule has 1 heterocycles. The summed E-state index contributed by atoms with van der Waals surface area (Å²) in [6.45, 7) is 7.81. The van der Waals surface area contributed by atoms with Crippen molar-refractivity contribution in [3.63, 3.8) is 0 Å². The van der Waals surface area contributed by atoms with Gasteiger partial charge in [-0.3, -0.25) is 4.90 Å². The van der Waals surface area contributed by atoms with Gasteiger partial charge in [0.15, 0.2) is 0 Å². The predicted molar refractivity (Wildman–Crippen MR) is 77.5 cm³/mol. The number of piperazine rings is 1. The minimum atomic E-state index is 0.670. The van der Waals surface area contributed by atoms with Crippen LogP contribution >= 0.6 is 0 Å². The Morgan fingerprint density at radius 2 is 2.00 bits per heavy atom. The summed E-state index contributed by atoms with van der Waals surface area (Å²) >= 11 is 0. The molecule has 1 aliphatic heterocycles. The molecular formula is C16H28N2. The van der Waals surface area contributed by atoms with Gasteiger partial charge in [-0.1, -0.05) is 19.3 Å². The highest BCUT2D eigenvalue weighted by Crippen LogP contribution is 2.28. The minimum Gasteiger partial charge on any atom is -0.311 e. The van der Waals surface area contributed by atoms with E-state index in [4.69, 9.17) is 0 Å². The van der Waals surface area contributed by atoms with Gasteiger partial charge in [0.1, 0.15) is 0 Å². The molecule has 1 saturated heterocycles. The number of rotatable bonds is 3. The van der Waals surface area contributed by atoms with Crippen molar-refractivity contribution in [2.75, 3.05) is 19.6 Å². The van der Waals surface area contributed by atoms with Gasteiger partial charge in [0.05, 0.1) is 0 Å². The van der Waals surface area contributed by atoms with Crippen LogP contribution in [0.1, 0.15) is 52.4 Å². The van der Waals surface area contributed by atoms with Crippen LogP contribution in [0.2, 0.25) is 0 Å². The van der Waals surface area contributed by atoms with Gasteiger partial charge in [-0.15, -0.1) is 11.8 Å². The van der Waals surface area contributed by atoms with E-state index in [0.717, 1.165) is 31.5 Å². The van der Waals surface area contributed by atoms with Gasteiger partial charge in [-0.25, -0.2) is 0 Å². The van der Waals surface area contributed by atoms with E-state index < -0.39 is 0 Å². The number of hydrogen-bond acceptors (Lipinski definition) is 2. The summed E-state index contributed by atoms with van der Waals surface area (Å²) in [5.74, 6) is 7.13. The lowest BCUT2D eigenvalue weighted by Gasteiger charge is -2.42. The molecule has 2 aliphatic rings.